The molecule has 0 aliphatic carbocycles. The van der Waals surface area contributed by atoms with Gasteiger partial charge in [-0.1, -0.05) is 74.6 Å². The molecule has 0 atom stereocenters. The lowest BCUT2D eigenvalue weighted by Crippen LogP contribution is -1.69. The van der Waals surface area contributed by atoms with Crippen LogP contribution in [0.5, 0.6) is 0 Å². The minimum Gasteiger partial charge on any atom is -0.0888 e. The second-order valence-electron chi connectivity index (χ2n) is 5.38. The number of unbranched alkanes of at least 4 members (excludes halogenated alkanes) is 4. The van der Waals surface area contributed by atoms with E-state index in [1.165, 1.54) is 6.42 Å². The molecule has 0 heterocycles. The molecule has 22 heavy (non-hydrogen) atoms. The van der Waals surface area contributed by atoms with E-state index in [2.05, 4.69) is 74.6 Å². The van der Waals surface area contributed by atoms with Crippen LogP contribution in [-0.4, -0.2) is 0 Å². The van der Waals surface area contributed by atoms with Gasteiger partial charge in [0.1, 0.15) is 0 Å². The summed E-state index contributed by atoms with van der Waals surface area (Å²) >= 11 is 0. The zero-order valence-electron chi connectivity index (χ0n) is 14.6. The highest BCUT2D eigenvalue weighted by atomic mass is 13.9. The molecular formula is C22H35. The lowest BCUT2D eigenvalue weighted by Gasteiger charge is -1.89. The normalized spacial score (nSPS) is 13.0. The Bertz CT molecular complexity index is 339. The molecule has 0 bridgehead atoms. The Morgan fingerprint density at radius 1 is 0.500 bits per heavy atom. The molecule has 0 nitrogen and oxygen atoms in total. The zero-order valence-corrected chi connectivity index (χ0v) is 14.6. The third kappa shape index (κ3) is 18.7. The number of hydrogen-bond donors (Lipinski definition) is 0. The van der Waals surface area contributed by atoms with Crippen LogP contribution in [-0.2, 0) is 0 Å². The summed E-state index contributed by atoms with van der Waals surface area (Å²) < 4.78 is 0. The molecule has 0 unspecified atom stereocenters. The van der Waals surface area contributed by atoms with Crippen LogP contribution in [0.15, 0.2) is 60.8 Å². The van der Waals surface area contributed by atoms with E-state index < -0.39 is 0 Å². The molecule has 0 rings (SSSR count). The first-order chi connectivity index (χ1) is 10.9. The van der Waals surface area contributed by atoms with Gasteiger partial charge in [0.05, 0.1) is 0 Å². The largest absolute Gasteiger partial charge is 0.0888 e. The minimum absolute atomic E-state index is 1.00. The van der Waals surface area contributed by atoms with Crippen LogP contribution in [0.3, 0.4) is 0 Å². The molecule has 0 saturated carbocycles. The number of allylic oxidation sites excluding steroid dienone is 10. The fraction of sp³-hybridized carbons (Fsp3) is 0.500. The zero-order chi connectivity index (χ0) is 16.1. The fourth-order valence-electron chi connectivity index (χ4n) is 1.96. The van der Waals surface area contributed by atoms with Crippen LogP contribution in [0.4, 0.5) is 0 Å². The van der Waals surface area contributed by atoms with E-state index in [4.69, 9.17) is 0 Å². The van der Waals surface area contributed by atoms with Crippen molar-refractivity contribution >= 4 is 0 Å². The summed E-state index contributed by atoms with van der Waals surface area (Å²) in [6.45, 7) is 6.00. The van der Waals surface area contributed by atoms with Gasteiger partial charge >= 0.3 is 0 Å². The molecule has 0 aromatic rings. The quantitative estimate of drug-likeness (QED) is 0.230. The van der Waals surface area contributed by atoms with Gasteiger partial charge in [0, 0.05) is 0 Å². The highest BCUT2D eigenvalue weighted by Crippen LogP contribution is 2.00. The van der Waals surface area contributed by atoms with Crippen LogP contribution in [0.25, 0.3) is 0 Å². The predicted molar refractivity (Wildman–Crippen MR) is 103 cm³/mol. The van der Waals surface area contributed by atoms with Gasteiger partial charge in [-0.15, -0.1) is 0 Å². The SMILES string of the molecule is [CH2]CC/C=C/CC/C=C/CC/C=C/C/C=C/CC/C=C/CC. The third-order valence-electron chi connectivity index (χ3n) is 3.21. The molecule has 0 fully saturated rings. The molecular weight excluding hydrogens is 264 g/mol. The van der Waals surface area contributed by atoms with E-state index in [9.17, 15) is 0 Å². The Labute approximate surface area is 139 Å². The van der Waals surface area contributed by atoms with E-state index in [0.717, 1.165) is 57.8 Å². The summed E-state index contributed by atoms with van der Waals surface area (Å²) in [7, 11) is 0. The Balaban J connectivity index is 3.36. The summed E-state index contributed by atoms with van der Waals surface area (Å²) in [5, 5.41) is 0. The Morgan fingerprint density at radius 2 is 0.864 bits per heavy atom. The average molecular weight is 300 g/mol. The molecule has 0 N–H and O–H groups in total. The molecule has 0 heteroatoms. The van der Waals surface area contributed by atoms with Crippen molar-refractivity contribution in [1.29, 1.82) is 0 Å². The summed E-state index contributed by atoms with van der Waals surface area (Å²) in [6.07, 6.45) is 34.0. The first-order valence-corrected chi connectivity index (χ1v) is 8.96. The van der Waals surface area contributed by atoms with Crippen molar-refractivity contribution in [2.45, 2.75) is 71.1 Å². The summed E-state index contributed by atoms with van der Waals surface area (Å²) in [5.41, 5.74) is 0. The van der Waals surface area contributed by atoms with Crippen LogP contribution in [0, 0.1) is 6.92 Å². The second kappa shape index (κ2) is 19.7. The minimum atomic E-state index is 1.00. The van der Waals surface area contributed by atoms with Crippen LogP contribution in [0.1, 0.15) is 71.1 Å². The molecule has 0 aliphatic heterocycles. The maximum absolute atomic E-state index is 3.82. The molecule has 123 valence electrons. The summed E-state index contributed by atoms with van der Waals surface area (Å²) in [4.78, 5) is 0. The van der Waals surface area contributed by atoms with E-state index in [1.54, 1.807) is 0 Å². The lowest BCUT2D eigenvalue weighted by molar-refractivity contribution is 0.984. The molecule has 1 radical (unpaired) electrons. The number of rotatable bonds is 14. The van der Waals surface area contributed by atoms with Crippen LogP contribution < -0.4 is 0 Å². The van der Waals surface area contributed by atoms with Gasteiger partial charge in [0.2, 0.25) is 0 Å². The molecule has 0 aliphatic rings. The van der Waals surface area contributed by atoms with E-state index >= 15 is 0 Å². The third-order valence-corrected chi connectivity index (χ3v) is 3.21. The number of hydrogen-bond acceptors (Lipinski definition) is 0. The molecule has 0 saturated heterocycles. The summed E-state index contributed by atoms with van der Waals surface area (Å²) in [5.74, 6) is 0. The first-order valence-electron chi connectivity index (χ1n) is 8.96. The lowest BCUT2D eigenvalue weighted by atomic mass is 10.2. The average Bonchev–Trinajstić information content (AvgIpc) is 2.54. The highest BCUT2D eigenvalue weighted by molar-refractivity contribution is 4.95. The van der Waals surface area contributed by atoms with E-state index in [1.807, 2.05) is 0 Å². The monoisotopic (exact) mass is 299 g/mol. The van der Waals surface area contributed by atoms with Gasteiger partial charge in [-0.2, -0.15) is 0 Å². The van der Waals surface area contributed by atoms with Gasteiger partial charge in [-0.05, 0) is 64.2 Å². The molecule has 0 aromatic carbocycles. The topological polar surface area (TPSA) is 0 Å². The second-order valence-corrected chi connectivity index (χ2v) is 5.38. The molecule has 0 amide bonds. The van der Waals surface area contributed by atoms with Crippen LogP contribution >= 0.6 is 0 Å². The van der Waals surface area contributed by atoms with Crippen molar-refractivity contribution in [1.82, 2.24) is 0 Å². The van der Waals surface area contributed by atoms with Gasteiger partial charge in [0.15, 0.2) is 0 Å². The van der Waals surface area contributed by atoms with Gasteiger partial charge < -0.3 is 0 Å². The van der Waals surface area contributed by atoms with Crippen molar-refractivity contribution in [3.05, 3.63) is 67.7 Å². The maximum Gasteiger partial charge on any atom is -0.0169 e. The van der Waals surface area contributed by atoms with Crippen molar-refractivity contribution in [2.75, 3.05) is 0 Å². The molecule has 0 aromatic heterocycles. The van der Waals surface area contributed by atoms with Gasteiger partial charge in [-0.3, -0.25) is 0 Å². The maximum atomic E-state index is 3.82. The Hall–Kier alpha value is -1.30. The van der Waals surface area contributed by atoms with Gasteiger partial charge in [-0.25, -0.2) is 0 Å². The van der Waals surface area contributed by atoms with Crippen molar-refractivity contribution in [3.8, 4) is 0 Å². The first kappa shape index (κ1) is 20.7. The summed E-state index contributed by atoms with van der Waals surface area (Å²) in [6, 6.07) is 0. The standard InChI is InChI=1S/C22H35/c1-3-5-7-9-11-13-15-17-19-21-22-20-18-16-14-12-10-8-6-4-2/h6-9,14-17,20,22H,1,3-5,10-13,18-19,21H2,2H3/b8-6+,9-7+,16-14+,17-15+,22-20+. The molecule has 0 spiro atoms. The fourth-order valence-corrected chi connectivity index (χ4v) is 1.96. The Morgan fingerprint density at radius 3 is 1.27 bits per heavy atom. The van der Waals surface area contributed by atoms with Crippen molar-refractivity contribution in [3.63, 3.8) is 0 Å². The van der Waals surface area contributed by atoms with Crippen LogP contribution in [0.2, 0.25) is 0 Å². The van der Waals surface area contributed by atoms with E-state index in [-0.39, 0.29) is 0 Å². The van der Waals surface area contributed by atoms with E-state index in [0.29, 0.717) is 0 Å². The van der Waals surface area contributed by atoms with Crippen molar-refractivity contribution < 1.29 is 0 Å². The highest BCUT2D eigenvalue weighted by Gasteiger charge is 1.80. The smallest absolute Gasteiger partial charge is 0.0169 e. The Kier molecular flexibility index (Phi) is 18.5. The van der Waals surface area contributed by atoms with Gasteiger partial charge in [0.25, 0.3) is 0 Å². The van der Waals surface area contributed by atoms with Crippen molar-refractivity contribution in [2.24, 2.45) is 0 Å². The predicted octanol–water partition coefficient (Wildman–Crippen LogP) is 7.52.